The molecular formula is C33H36N8O2. The van der Waals surface area contributed by atoms with Gasteiger partial charge in [0.15, 0.2) is 0 Å². The molecule has 10 nitrogen and oxygen atoms in total. The topological polar surface area (TPSA) is 103 Å². The van der Waals surface area contributed by atoms with Crippen LogP contribution in [0.5, 0.6) is 0 Å². The van der Waals surface area contributed by atoms with Crippen LogP contribution in [-0.4, -0.2) is 79.7 Å². The molecule has 1 fully saturated rings. The van der Waals surface area contributed by atoms with Crippen molar-refractivity contribution in [2.75, 3.05) is 33.4 Å². The van der Waals surface area contributed by atoms with Crippen molar-refractivity contribution in [3.05, 3.63) is 103 Å². The van der Waals surface area contributed by atoms with E-state index >= 15 is 0 Å². The number of benzene rings is 2. The number of aromatic nitrogens is 6. The lowest BCUT2D eigenvalue weighted by Crippen LogP contribution is -2.41. The second kappa shape index (κ2) is 12.7. The van der Waals surface area contributed by atoms with Crippen LogP contribution in [0.2, 0.25) is 0 Å². The highest BCUT2D eigenvalue weighted by Crippen LogP contribution is 2.31. The summed E-state index contributed by atoms with van der Waals surface area (Å²) >= 11 is 0. The van der Waals surface area contributed by atoms with E-state index in [4.69, 9.17) is 9.84 Å². The molecule has 0 radical (unpaired) electrons. The van der Waals surface area contributed by atoms with Gasteiger partial charge < -0.3 is 10.1 Å². The Bertz CT molecular complexity index is 1680. The molecule has 0 bridgehead atoms. The first-order valence-electron chi connectivity index (χ1n) is 14.5. The third-order valence-electron chi connectivity index (χ3n) is 8.11. The third-order valence-corrected chi connectivity index (χ3v) is 8.11. The van der Waals surface area contributed by atoms with E-state index in [1.807, 2.05) is 73.8 Å². The fourth-order valence-corrected chi connectivity index (χ4v) is 5.92. The third kappa shape index (κ3) is 6.25. The summed E-state index contributed by atoms with van der Waals surface area (Å²) in [4.78, 5) is 24.5. The minimum Gasteiger partial charge on any atom is -0.383 e. The van der Waals surface area contributed by atoms with E-state index in [9.17, 15) is 4.79 Å². The number of hydrogen-bond acceptors (Lipinski definition) is 7. The maximum absolute atomic E-state index is 13.8. The lowest BCUT2D eigenvalue weighted by Gasteiger charge is -2.21. The summed E-state index contributed by atoms with van der Waals surface area (Å²) in [7, 11) is 3.61. The van der Waals surface area contributed by atoms with Gasteiger partial charge in [0.2, 0.25) is 5.91 Å². The van der Waals surface area contributed by atoms with Gasteiger partial charge in [-0.05, 0) is 35.7 Å². The van der Waals surface area contributed by atoms with Crippen LogP contribution in [0.25, 0.3) is 28.1 Å². The Morgan fingerprint density at radius 1 is 1.00 bits per heavy atom. The van der Waals surface area contributed by atoms with Crippen LogP contribution in [0.4, 0.5) is 0 Å². The van der Waals surface area contributed by atoms with Crippen molar-refractivity contribution in [2.45, 2.75) is 25.3 Å². The minimum atomic E-state index is -0.0576. The van der Waals surface area contributed by atoms with E-state index in [2.05, 4.69) is 49.5 Å². The number of nitrogens with one attached hydrogen (secondary N) is 1. The molecule has 1 N–H and O–H groups in total. The monoisotopic (exact) mass is 576 g/mol. The van der Waals surface area contributed by atoms with E-state index in [0.29, 0.717) is 6.61 Å². The largest absolute Gasteiger partial charge is 0.383 e. The quantitative estimate of drug-likeness (QED) is 0.270. The number of aryl methyl sites for hydroxylation is 1. The SMILES string of the molecule is COCCN1C[C@@H](NC(=O)Cc2c(C)c(-c3cnn(C)c3)nn2-c2ccccc2)[C@H](c2cccc(-c3cncnc3)c2)C1. The zero-order valence-electron chi connectivity index (χ0n) is 24.7. The van der Waals surface area contributed by atoms with E-state index in [0.717, 1.165) is 59.0 Å². The van der Waals surface area contributed by atoms with Crippen molar-refractivity contribution < 1.29 is 9.53 Å². The van der Waals surface area contributed by atoms with Crippen LogP contribution < -0.4 is 5.32 Å². The Kier molecular flexibility index (Phi) is 8.39. The Labute approximate surface area is 251 Å². The van der Waals surface area contributed by atoms with Gasteiger partial charge in [0.1, 0.15) is 6.33 Å². The van der Waals surface area contributed by atoms with Gasteiger partial charge in [-0.1, -0.05) is 42.5 Å². The average molecular weight is 577 g/mol. The fourth-order valence-electron chi connectivity index (χ4n) is 5.92. The van der Waals surface area contributed by atoms with Crippen molar-refractivity contribution in [1.82, 2.24) is 39.7 Å². The van der Waals surface area contributed by atoms with Gasteiger partial charge >= 0.3 is 0 Å². The highest BCUT2D eigenvalue weighted by Gasteiger charge is 2.35. The Morgan fingerprint density at radius 3 is 2.56 bits per heavy atom. The molecule has 10 heteroatoms. The molecule has 6 rings (SSSR count). The van der Waals surface area contributed by atoms with E-state index in [1.165, 1.54) is 11.9 Å². The average Bonchev–Trinajstić information content (AvgIpc) is 3.74. The molecule has 220 valence electrons. The summed E-state index contributed by atoms with van der Waals surface area (Å²) in [5, 5.41) is 12.7. The number of likely N-dealkylation sites (tertiary alicyclic amines) is 1. The second-order valence-corrected chi connectivity index (χ2v) is 11.0. The molecule has 3 aromatic heterocycles. The number of ether oxygens (including phenoxy) is 1. The number of amides is 1. The van der Waals surface area contributed by atoms with E-state index < -0.39 is 0 Å². The van der Waals surface area contributed by atoms with Crippen LogP contribution in [0.3, 0.4) is 0 Å². The summed E-state index contributed by atoms with van der Waals surface area (Å²) in [5.41, 5.74) is 7.69. The Hall–Kier alpha value is -4.67. The number of para-hydroxylation sites is 1. The van der Waals surface area contributed by atoms with Crippen molar-refractivity contribution >= 4 is 5.91 Å². The number of hydrogen-bond donors (Lipinski definition) is 1. The van der Waals surface area contributed by atoms with Crippen LogP contribution in [0.15, 0.2) is 85.7 Å². The van der Waals surface area contributed by atoms with Crippen LogP contribution in [0, 0.1) is 6.92 Å². The highest BCUT2D eigenvalue weighted by molar-refractivity contribution is 5.80. The molecule has 2 aromatic carbocycles. The van der Waals surface area contributed by atoms with Crippen LogP contribution >= 0.6 is 0 Å². The number of carbonyl (C=O) groups is 1. The molecule has 1 aliphatic rings. The van der Waals surface area contributed by atoms with Crippen molar-refractivity contribution in [3.63, 3.8) is 0 Å². The smallest absolute Gasteiger partial charge is 0.226 e. The molecule has 1 saturated heterocycles. The number of methoxy groups -OCH3 is 1. The normalized spacial score (nSPS) is 16.9. The van der Waals surface area contributed by atoms with Gasteiger partial charge in [-0.2, -0.15) is 10.2 Å². The summed E-state index contributed by atoms with van der Waals surface area (Å²) in [6.45, 7) is 5.05. The van der Waals surface area contributed by atoms with Crippen molar-refractivity contribution in [2.24, 2.45) is 7.05 Å². The Balaban J connectivity index is 1.27. The van der Waals surface area contributed by atoms with Gasteiger partial charge in [0.25, 0.3) is 0 Å². The molecule has 1 amide bonds. The first kappa shape index (κ1) is 28.4. The van der Waals surface area contributed by atoms with Gasteiger partial charge in [0.05, 0.1) is 36.3 Å². The van der Waals surface area contributed by atoms with Gasteiger partial charge in [-0.15, -0.1) is 0 Å². The summed E-state index contributed by atoms with van der Waals surface area (Å²) < 4.78 is 9.02. The highest BCUT2D eigenvalue weighted by atomic mass is 16.5. The summed E-state index contributed by atoms with van der Waals surface area (Å²) in [6, 6.07) is 18.4. The molecule has 5 aromatic rings. The maximum atomic E-state index is 13.8. The maximum Gasteiger partial charge on any atom is 0.226 e. The molecule has 2 atom stereocenters. The first-order valence-corrected chi connectivity index (χ1v) is 14.5. The molecule has 4 heterocycles. The van der Waals surface area contributed by atoms with Crippen LogP contribution in [-0.2, 0) is 23.0 Å². The zero-order chi connectivity index (χ0) is 29.8. The second-order valence-electron chi connectivity index (χ2n) is 11.0. The molecule has 0 aliphatic carbocycles. The van der Waals surface area contributed by atoms with E-state index in [1.54, 1.807) is 11.8 Å². The predicted octanol–water partition coefficient (Wildman–Crippen LogP) is 3.81. The first-order chi connectivity index (χ1) is 21.0. The number of rotatable bonds is 10. The van der Waals surface area contributed by atoms with Crippen molar-refractivity contribution in [1.29, 1.82) is 0 Å². The minimum absolute atomic E-state index is 0.0332. The molecule has 43 heavy (non-hydrogen) atoms. The number of carbonyl (C=O) groups excluding carboxylic acids is 1. The lowest BCUT2D eigenvalue weighted by molar-refractivity contribution is -0.121. The molecule has 1 aliphatic heterocycles. The summed E-state index contributed by atoms with van der Waals surface area (Å²) in [6.07, 6.45) is 9.14. The van der Waals surface area contributed by atoms with Crippen LogP contribution in [0.1, 0.15) is 22.7 Å². The molecule has 0 saturated carbocycles. The van der Waals surface area contributed by atoms with Gasteiger partial charge in [0, 0.05) is 75.5 Å². The molecule has 0 unspecified atom stereocenters. The van der Waals surface area contributed by atoms with Gasteiger partial charge in [-0.3, -0.25) is 14.4 Å². The fraction of sp³-hybridized carbons (Fsp3) is 0.303. The molecule has 0 spiro atoms. The number of nitrogens with zero attached hydrogens (tertiary/aromatic N) is 7. The predicted molar refractivity (Wildman–Crippen MR) is 165 cm³/mol. The van der Waals surface area contributed by atoms with E-state index in [-0.39, 0.29) is 24.3 Å². The zero-order valence-corrected chi connectivity index (χ0v) is 24.7. The Morgan fingerprint density at radius 2 is 1.81 bits per heavy atom. The van der Waals surface area contributed by atoms with Gasteiger partial charge in [-0.25, -0.2) is 14.6 Å². The van der Waals surface area contributed by atoms with Crippen molar-refractivity contribution in [3.8, 4) is 28.1 Å². The summed E-state index contributed by atoms with van der Waals surface area (Å²) in [5.74, 6) is 0.0885. The lowest BCUT2D eigenvalue weighted by atomic mass is 9.92. The standard InChI is InChI=1S/C33H36N8O2/c1-23-31(41(28-10-5-4-6-11-28)38-33(23)27-18-36-39(2)19-27)15-32(42)37-30-21-40(12-13-43-3)20-29(30)25-9-7-8-24(14-25)26-16-34-22-35-17-26/h4-11,14,16-19,22,29-30H,12-13,15,20-21H2,1-3H3,(H,37,42)/t29-,30+/m0/s1. The molecular weight excluding hydrogens is 540 g/mol.